The average molecular weight is 200 g/mol. The van der Waals surface area contributed by atoms with E-state index in [0.29, 0.717) is 22.2 Å². The van der Waals surface area contributed by atoms with Gasteiger partial charge in [-0.25, -0.2) is 4.98 Å². The highest BCUT2D eigenvalue weighted by molar-refractivity contribution is 6.10. The van der Waals surface area contributed by atoms with Gasteiger partial charge < -0.3 is 10.8 Å². The van der Waals surface area contributed by atoms with Gasteiger partial charge in [-0.2, -0.15) is 5.10 Å². The molecule has 0 fully saturated rings. The van der Waals surface area contributed by atoms with Crippen LogP contribution in [0.3, 0.4) is 0 Å². The minimum atomic E-state index is 0.186. The van der Waals surface area contributed by atoms with Gasteiger partial charge >= 0.3 is 0 Å². The Morgan fingerprint density at radius 3 is 3.07 bits per heavy atom. The lowest BCUT2D eigenvalue weighted by molar-refractivity contribution is 0.482. The Bertz CT molecular complexity index is 659. The van der Waals surface area contributed by atoms with E-state index in [1.807, 2.05) is 0 Å². The van der Waals surface area contributed by atoms with Crippen LogP contribution >= 0.6 is 0 Å². The zero-order valence-corrected chi connectivity index (χ0v) is 7.73. The van der Waals surface area contributed by atoms with Crippen LogP contribution in [0.2, 0.25) is 0 Å². The summed E-state index contributed by atoms with van der Waals surface area (Å²) >= 11 is 0. The molecule has 2 heterocycles. The number of nitrogens with zero attached hydrogens (tertiary/aromatic N) is 2. The zero-order valence-electron chi connectivity index (χ0n) is 7.73. The third-order valence-electron chi connectivity index (χ3n) is 2.41. The maximum atomic E-state index is 9.76. The molecule has 5 nitrogen and oxygen atoms in total. The van der Waals surface area contributed by atoms with Crippen molar-refractivity contribution in [2.45, 2.75) is 0 Å². The van der Waals surface area contributed by atoms with Crippen LogP contribution in [-0.4, -0.2) is 20.3 Å². The molecule has 0 aliphatic carbocycles. The fourth-order valence-corrected chi connectivity index (χ4v) is 1.76. The van der Waals surface area contributed by atoms with Crippen molar-refractivity contribution in [3.63, 3.8) is 0 Å². The number of fused-ring (bicyclic) bond motifs is 3. The molecule has 1 aromatic carbocycles. The van der Waals surface area contributed by atoms with Crippen LogP contribution in [0.25, 0.3) is 21.8 Å². The van der Waals surface area contributed by atoms with Crippen molar-refractivity contribution in [2.75, 3.05) is 5.73 Å². The van der Waals surface area contributed by atoms with Gasteiger partial charge in [0, 0.05) is 11.6 Å². The predicted octanol–water partition coefficient (Wildman–Crippen LogP) is 1.40. The summed E-state index contributed by atoms with van der Waals surface area (Å²) in [6.07, 6.45) is 1.70. The molecule has 0 saturated carbocycles. The third-order valence-corrected chi connectivity index (χ3v) is 2.41. The van der Waals surface area contributed by atoms with Crippen LogP contribution in [0.15, 0.2) is 24.4 Å². The summed E-state index contributed by atoms with van der Waals surface area (Å²) in [5, 5.41) is 17.9. The number of anilines is 1. The van der Waals surface area contributed by atoms with Crippen molar-refractivity contribution in [2.24, 2.45) is 0 Å². The summed E-state index contributed by atoms with van der Waals surface area (Å²) in [6.45, 7) is 0. The standard InChI is InChI=1S/C10H8N4O/c11-10-9-5(4-12-14-9)8-6(13-10)2-1-3-7(8)15/h1-4,15H,(H2,11,13)(H,12,14). The number of aromatic hydroxyl groups is 1. The number of nitrogens with two attached hydrogens (primary N) is 1. The molecule has 0 aliphatic heterocycles. The van der Waals surface area contributed by atoms with Crippen molar-refractivity contribution in [3.8, 4) is 5.75 Å². The van der Waals surface area contributed by atoms with Crippen LogP contribution in [0.1, 0.15) is 0 Å². The van der Waals surface area contributed by atoms with E-state index in [1.54, 1.807) is 24.4 Å². The first-order valence-corrected chi connectivity index (χ1v) is 4.48. The van der Waals surface area contributed by atoms with Crippen LogP contribution in [0, 0.1) is 0 Å². The maximum absolute atomic E-state index is 9.76. The summed E-state index contributed by atoms with van der Waals surface area (Å²) in [5.74, 6) is 0.552. The fraction of sp³-hybridized carbons (Fsp3) is 0. The molecule has 0 aliphatic rings. The number of pyridine rings is 1. The molecule has 3 rings (SSSR count). The summed E-state index contributed by atoms with van der Waals surface area (Å²) < 4.78 is 0. The van der Waals surface area contributed by atoms with E-state index in [2.05, 4.69) is 15.2 Å². The molecular formula is C10H8N4O. The SMILES string of the molecule is Nc1nc2cccc(O)c2c2c[nH]nc12. The van der Waals surface area contributed by atoms with Gasteiger partial charge in [0.15, 0.2) is 5.82 Å². The molecule has 2 aromatic heterocycles. The molecule has 0 unspecified atom stereocenters. The Hall–Kier alpha value is -2.30. The molecule has 4 N–H and O–H groups in total. The van der Waals surface area contributed by atoms with Gasteiger partial charge in [0.1, 0.15) is 11.3 Å². The van der Waals surface area contributed by atoms with Gasteiger partial charge in [0.2, 0.25) is 0 Å². The van der Waals surface area contributed by atoms with Crippen molar-refractivity contribution in [1.29, 1.82) is 0 Å². The highest BCUT2D eigenvalue weighted by atomic mass is 16.3. The molecule has 0 atom stereocenters. The van der Waals surface area contributed by atoms with Gasteiger partial charge in [-0.1, -0.05) is 6.07 Å². The van der Waals surface area contributed by atoms with Crippen LogP contribution in [0.4, 0.5) is 5.82 Å². The van der Waals surface area contributed by atoms with E-state index in [0.717, 1.165) is 5.39 Å². The molecule has 74 valence electrons. The topological polar surface area (TPSA) is 87.8 Å². The van der Waals surface area contributed by atoms with E-state index in [-0.39, 0.29) is 5.75 Å². The van der Waals surface area contributed by atoms with Crippen LogP contribution < -0.4 is 5.73 Å². The molecule has 0 amide bonds. The second-order valence-electron chi connectivity index (χ2n) is 3.32. The largest absolute Gasteiger partial charge is 0.507 e. The predicted molar refractivity (Wildman–Crippen MR) is 57.5 cm³/mol. The number of benzene rings is 1. The summed E-state index contributed by atoms with van der Waals surface area (Å²) in [5.41, 5.74) is 7.00. The maximum Gasteiger partial charge on any atom is 0.152 e. The van der Waals surface area contributed by atoms with Gasteiger partial charge in [-0.15, -0.1) is 0 Å². The second kappa shape index (κ2) is 2.60. The number of nitrogen functional groups attached to an aromatic ring is 1. The van der Waals surface area contributed by atoms with Crippen LogP contribution in [-0.2, 0) is 0 Å². The van der Waals surface area contributed by atoms with Crippen molar-refractivity contribution < 1.29 is 5.11 Å². The number of phenolic OH excluding ortho intramolecular Hbond substituents is 1. The number of hydrogen-bond acceptors (Lipinski definition) is 4. The van der Waals surface area contributed by atoms with Crippen molar-refractivity contribution >= 4 is 27.6 Å². The minimum Gasteiger partial charge on any atom is -0.507 e. The number of H-pyrrole nitrogens is 1. The van der Waals surface area contributed by atoms with Gasteiger partial charge in [-0.3, -0.25) is 5.10 Å². The number of nitrogens with one attached hydrogen (secondary N) is 1. The van der Waals surface area contributed by atoms with Gasteiger partial charge in [-0.05, 0) is 12.1 Å². The Morgan fingerprint density at radius 2 is 2.20 bits per heavy atom. The average Bonchev–Trinajstić information content (AvgIpc) is 2.66. The Morgan fingerprint density at radius 1 is 1.33 bits per heavy atom. The quantitative estimate of drug-likeness (QED) is 0.511. The van der Waals surface area contributed by atoms with E-state index in [9.17, 15) is 5.11 Å². The third kappa shape index (κ3) is 0.969. The molecule has 5 heteroatoms. The molecule has 0 saturated heterocycles. The Labute approximate surface area is 84.5 Å². The van der Waals surface area contributed by atoms with Gasteiger partial charge in [0.05, 0.1) is 10.9 Å². The van der Waals surface area contributed by atoms with E-state index < -0.39 is 0 Å². The summed E-state index contributed by atoms with van der Waals surface area (Å²) in [6, 6.07) is 5.15. The lowest BCUT2D eigenvalue weighted by Crippen LogP contribution is -1.92. The smallest absolute Gasteiger partial charge is 0.152 e. The highest BCUT2D eigenvalue weighted by Gasteiger charge is 2.10. The van der Waals surface area contributed by atoms with Crippen LogP contribution in [0.5, 0.6) is 5.75 Å². The number of hydrogen-bond donors (Lipinski definition) is 3. The molecule has 0 spiro atoms. The highest BCUT2D eigenvalue weighted by Crippen LogP contribution is 2.31. The fourth-order valence-electron chi connectivity index (χ4n) is 1.76. The van der Waals surface area contributed by atoms with Gasteiger partial charge in [0.25, 0.3) is 0 Å². The number of rotatable bonds is 0. The molecule has 0 bridgehead atoms. The summed E-state index contributed by atoms with van der Waals surface area (Å²) in [7, 11) is 0. The summed E-state index contributed by atoms with van der Waals surface area (Å²) in [4.78, 5) is 4.17. The molecule has 3 aromatic rings. The number of aromatic nitrogens is 3. The van der Waals surface area contributed by atoms with E-state index in [1.165, 1.54) is 0 Å². The minimum absolute atomic E-state index is 0.186. The van der Waals surface area contributed by atoms with Crippen molar-refractivity contribution in [1.82, 2.24) is 15.2 Å². The lowest BCUT2D eigenvalue weighted by atomic mass is 10.1. The normalized spacial score (nSPS) is 11.2. The van der Waals surface area contributed by atoms with E-state index in [4.69, 9.17) is 5.73 Å². The Balaban J connectivity index is 2.68. The molecule has 0 radical (unpaired) electrons. The lowest BCUT2D eigenvalue weighted by Gasteiger charge is -2.02. The first kappa shape index (κ1) is 8.05. The number of aromatic amines is 1. The van der Waals surface area contributed by atoms with Crippen molar-refractivity contribution in [3.05, 3.63) is 24.4 Å². The Kier molecular flexibility index (Phi) is 1.39. The molecular weight excluding hydrogens is 192 g/mol. The zero-order chi connectivity index (χ0) is 10.4. The number of phenols is 1. The first-order valence-electron chi connectivity index (χ1n) is 4.48. The molecule has 15 heavy (non-hydrogen) atoms. The monoisotopic (exact) mass is 200 g/mol. The van der Waals surface area contributed by atoms with E-state index >= 15 is 0 Å². The first-order chi connectivity index (χ1) is 7.27. The second-order valence-corrected chi connectivity index (χ2v) is 3.32.